The predicted octanol–water partition coefficient (Wildman–Crippen LogP) is -11.0. The van der Waals surface area contributed by atoms with E-state index in [2.05, 4.69) is 6.92 Å². The van der Waals surface area contributed by atoms with Gasteiger partial charge >= 0.3 is 118 Å². The summed E-state index contributed by atoms with van der Waals surface area (Å²) in [5.74, 6) is -6.81. The van der Waals surface area contributed by atoms with Gasteiger partial charge in [-0.3, -0.25) is 4.79 Å². The van der Waals surface area contributed by atoms with Crippen molar-refractivity contribution in [2.45, 2.75) is 134 Å². The van der Waals surface area contributed by atoms with Gasteiger partial charge in [-0.1, -0.05) is 103 Å². The van der Waals surface area contributed by atoms with Crippen molar-refractivity contribution in [2.75, 3.05) is 6.54 Å². The Morgan fingerprint density at radius 3 is 1.31 bits per heavy atom. The van der Waals surface area contributed by atoms with Gasteiger partial charge < -0.3 is 39.8 Å². The van der Waals surface area contributed by atoms with Gasteiger partial charge in [-0.05, 0) is 18.7 Å². The van der Waals surface area contributed by atoms with Crippen LogP contribution in [0.3, 0.4) is 0 Å². The Bertz CT molecular complexity index is 837. The Morgan fingerprint density at radius 2 is 1.02 bits per heavy atom. The molecule has 0 fully saturated rings. The Labute approximate surface area is 340 Å². The number of hydrogen-bond donors (Lipinski definition) is 1. The average Bonchev–Trinajstić information content (AvgIpc) is 2.82. The van der Waals surface area contributed by atoms with Gasteiger partial charge in [0.25, 0.3) is 0 Å². The molecule has 0 aliphatic carbocycles. The molecule has 0 saturated carbocycles. The SMILES string of the molecule is CCCCCCCCCCCCCCCCCCN(C(=O)C(CC(=N)[O-])S(=O)(=O)[O-])C(CC(=O)[O-])C(=O)[O-].[Na+].[Na+].[Na+].[Na+]. The van der Waals surface area contributed by atoms with Gasteiger partial charge in [0.2, 0.25) is 5.91 Å². The maximum Gasteiger partial charge on any atom is 1.00 e. The molecule has 2 unspecified atom stereocenters. The Balaban J connectivity index is -0.00000114. The van der Waals surface area contributed by atoms with E-state index in [1.165, 1.54) is 57.8 Å². The van der Waals surface area contributed by atoms with E-state index in [0.29, 0.717) is 11.3 Å². The molecular formula is C26H44N2Na4O9S. The monoisotopic (exact) mass is 652 g/mol. The molecule has 11 nitrogen and oxygen atoms in total. The fraction of sp³-hybridized carbons (Fsp3) is 0.846. The van der Waals surface area contributed by atoms with Crippen molar-refractivity contribution in [3.63, 3.8) is 0 Å². The number of amides is 1. The smallest absolute Gasteiger partial charge is 0.862 e. The van der Waals surface area contributed by atoms with Crippen LogP contribution < -0.4 is 134 Å². The molecule has 42 heavy (non-hydrogen) atoms. The second-order valence-corrected chi connectivity index (χ2v) is 11.4. The molecule has 1 N–H and O–H groups in total. The molecule has 1 amide bonds. The van der Waals surface area contributed by atoms with E-state index in [9.17, 15) is 42.7 Å². The van der Waals surface area contributed by atoms with Crippen LogP contribution in [0.25, 0.3) is 0 Å². The predicted molar refractivity (Wildman–Crippen MR) is 136 cm³/mol. The van der Waals surface area contributed by atoms with Crippen molar-refractivity contribution >= 4 is 33.9 Å². The first-order valence-electron chi connectivity index (χ1n) is 13.8. The van der Waals surface area contributed by atoms with Gasteiger partial charge in [0.05, 0.1) is 12.0 Å². The standard InChI is InChI=1S/C26H48N2O9S.4Na/c1-2-3-4-5-6-7-8-9-10-11-12-13-14-15-16-17-18-28(21(26(33)34)19-24(30)31)25(32)22(20-23(27)29)38(35,36)37;;;;/h21-22H,2-20H2,1H3,(H2,27,29)(H,30,31)(H,33,34)(H,35,36,37);;;;/q;4*+1/p-4. The topological polar surface area (TPSA) is 205 Å². The Kier molecular flexibility index (Phi) is 41.5. The number of unbranched alkanes of at least 4 members (excludes halogenated alkanes) is 15. The summed E-state index contributed by atoms with van der Waals surface area (Å²) in [6, 6.07) is -2.08. The van der Waals surface area contributed by atoms with Gasteiger partial charge in [0.15, 0.2) is 0 Å². The number of carbonyl (C=O) groups excluding carboxylic acids is 3. The number of nitrogens with one attached hydrogen (secondary N) is 1. The molecule has 0 aliphatic heterocycles. The average molecular weight is 653 g/mol. The maximum absolute atomic E-state index is 12.8. The van der Waals surface area contributed by atoms with Crippen LogP contribution in [0.2, 0.25) is 0 Å². The molecule has 0 aliphatic rings. The number of aliphatic carboxylic acids is 2. The third-order valence-electron chi connectivity index (χ3n) is 6.54. The normalized spacial score (nSPS) is 11.9. The van der Waals surface area contributed by atoms with Gasteiger partial charge in [-0.2, -0.15) is 0 Å². The van der Waals surface area contributed by atoms with Gasteiger partial charge in [0, 0.05) is 18.9 Å². The molecule has 0 aromatic carbocycles. The van der Waals surface area contributed by atoms with Crippen LogP contribution in [-0.2, 0) is 24.5 Å². The van der Waals surface area contributed by atoms with E-state index in [0.717, 1.165) is 32.1 Å². The molecule has 16 heteroatoms. The van der Waals surface area contributed by atoms with Crippen LogP contribution in [0.1, 0.15) is 122 Å². The molecule has 0 saturated heterocycles. The van der Waals surface area contributed by atoms with Crippen molar-refractivity contribution in [3.8, 4) is 0 Å². The van der Waals surface area contributed by atoms with E-state index < -0.39 is 58.0 Å². The number of carboxylic acids is 2. The molecule has 0 rings (SSSR count). The summed E-state index contributed by atoms with van der Waals surface area (Å²) in [5.41, 5.74) is 0. The van der Waals surface area contributed by atoms with E-state index >= 15 is 0 Å². The number of carbonyl (C=O) groups is 3. The summed E-state index contributed by atoms with van der Waals surface area (Å²) < 4.78 is 34.6. The second kappa shape index (κ2) is 32.7. The minimum Gasteiger partial charge on any atom is -0.862 e. The van der Waals surface area contributed by atoms with E-state index in [4.69, 9.17) is 5.41 Å². The van der Waals surface area contributed by atoms with Crippen LogP contribution in [0.5, 0.6) is 0 Å². The summed E-state index contributed by atoms with van der Waals surface area (Å²) in [4.78, 5) is 35.7. The number of hydrogen-bond acceptors (Lipinski definition) is 10. The Hall–Kier alpha value is 1.79. The summed E-state index contributed by atoms with van der Waals surface area (Å²) in [6.45, 7) is 1.87. The van der Waals surface area contributed by atoms with E-state index in [-0.39, 0.29) is 131 Å². The maximum atomic E-state index is 12.8. The van der Waals surface area contributed by atoms with Crippen LogP contribution >= 0.6 is 0 Å². The molecule has 0 spiro atoms. The van der Waals surface area contributed by atoms with Gasteiger partial charge in [0.1, 0.15) is 15.4 Å². The zero-order chi connectivity index (χ0) is 29.0. The first-order valence-corrected chi connectivity index (χ1v) is 15.3. The zero-order valence-electron chi connectivity index (χ0n) is 26.6. The summed E-state index contributed by atoms with van der Waals surface area (Å²) in [6.07, 6.45) is 14.9. The quantitative estimate of drug-likeness (QED) is 0.0326. The van der Waals surface area contributed by atoms with Crippen LogP contribution in [-0.4, -0.2) is 59.5 Å². The third kappa shape index (κ3) is 28.0. The van der Waals surface area contributed by atoms with Gasteiger partial charge in [-0.15, -0.1) is 0 Å². The fourth-order valence-electron chi connectivity index (χ4n) is 4.39. The zero-order valence-corrected chi connectivity index (χ0v) is 35.4. The molecule has 2 atom stereocenters. The fourth-order valence-corrected chi connectivity index (χ4v) is 5.13. The van der Waals surface area contributed by atoms with E-state index in [1.807, 2.05) is 0 Å². The van der Waals surface area contributed by atoms with Crippen molar-refractivity contribution < 1.29 is 161 Å². The molecular weight excluding hydrogens is 608 g/mol. The molecule has 0 bridgehead atoms. The third-order valence-corrected chi connectivity index (χ3v) is 7.60. The van der Waals surface area contributed by atoms with Crippen LogP contribution in [0, 0.1) is 5.41 Å². The minimum atomic E-state index is -5.41. The number of carboxylic acid groups (broad SMARTS) is 2. The van der Waals surface area contributed by atoms with Gasteiger partial charge in [-0.25, -0.2) is 8.42 Å². The van der Waals surface area contributed by atoms with Crippen LogP contribution in [0.15, 0.2) is 0 Å². The molecule has 222 valence electrons. The number of nitrogens with zero attached hydrogens (tertiary/aromatic N) is 1. The molecule has 0 radical (unpaired) electrons. The second-order valence-electron chi connectivity index (χ2n) is 9.85. The summed E-state index contributed by atoms with van der Waals surface area (Å²) >= 11 is 0. The van der Waals surface area contributed by atoms with Crippen molar-refractivity contribution in [1.29, 1.82) is 5.41 Å². The van der Waals surface area contributed by atoms with E-state index in [1.54, 1.807) is 0 Å². The largest absolute Gasteiger partial charge is 1.00 e. The first-order chi connectivity index (χ1) is 17.9. The van der Waals surface area contributed by atoms with Crippen molar-refractivity contribution in [3.05, 3.63) is 0 Å². The summed E-state index contributed by atoms with van der Waals surface area (Å²) in [7, 11) is -5.41. The minimum absolute atomic E-state index is 0. The summed E-state index contributed by atoms with van der Waals surface area (Å²) in [5, 5.41) is 38.0. The molecule has 0 aromatic heterocycles. The van der Waals surface area contributed by atoms with Crippen LogP contribution in [0.4, 0.5) is 0 Å². The first kappa shape index (κ1) is 53.3. The molecule has 0 aromatic rings. The number of rotatable bonds is 25. The van der Waals surface area contributed by atoms with Crippen molar-refractivity contribution in [1.82, 2.24) is 4.90 Å². The Morgan fingerprint density at radius 1 is 0.667 bits per heavy atom. The van der Waals surface area contributed by atoms with Crippen molar-refractivity contribution in [2.24, 2.45) is 0 Å². The molecule has 0 heterocycles.